The van der Waals surface area contributed by atoms with E-state index in [-0.39, 0.29) is 0 Å². The first-order chi connectivity index (χ1) is 64.8. The summed E-state index contributed by atoms with van der Waals surface area (Å²) in [4.78, 5) is 64.8. The first-order valence-corrected chi connectivity index (χ1v) is 43.6. The van der Waals surface area contributed by atoms with Crippen LogP contribution < -0.4 is 26.6 Å². The summed E-state index contributed by atoms with van der Waals surface area (Å²) in [6.45, 7) is -7.96. The summed E-state index contributed by atoms with van der Waals surface area (Å²) in [5.74, 6) is -4.80. The molecule has 35 N–H and O–H groups in total. The van der Waals surface area contributed by atoms with Gasteiger partial charge in [-0.3, -0.25) is 24.0 Å². The Morgan fingerprint density at radius 3 is 0.759 bits per heavy atom. The van der Waals surface area contributed by atoms with E-state index in [1.807, 2.05) is 0 Å². The van der Waals surface area contributed by atoms with Crippen LogP contribution in [0.1, 0.15) is 34.6 Å². The third kappa shape index (κ3) is 25.2. The molecular weight excluding hydrogens is 1880 g/mol. The number of aliphatic hydroxyl groups is 30. The van der Waals surface area contributed by atoms with Gasteiger partial charge in [0.05, 0.1) is 72.7 Å². The summed E-state index contributed by atoms with van der Waals surface area (Å²) >= 11 is 0. The van der Waals surface area contributed by atoms with Gasteiger partial charge in [-0.1, -0.05) is 0 Å². The van der Waals surface area contributed by atoms with E-state index in [0.717, 1.165) is 34.6 Å². The summed E-state index contributed by atoms with van der Waals surface area (Å²) in [6.07, 6.45) is -108. The van der Waals surface area contributed by atoms with Crippen molar-refractivity contribution in [2.45, 2.75) is 372 Å². The fourth-order valence-corrected chi connectivity index (χ4v) is 17.7. The van der Waals surface area contributed by atoms with Crippen LogP contribution in [0.15, 0.2) is 0 Å². The third-order valence-corrected chi connectivity index (χ3v) is 25.0. The smallest absolute Gasteiger partial charge is 0.217 e. The molecule has 792 valence electrons. The lowest BCUT2D eigenvalue weighted by Crippen LogP contribution is -2.72. The van der Waals surface area contributed by atoms with E-state index < -0.39 is 440 Å². The Morgan fingerprint density at radius 1 is 0.190 bits per heavy atom. The quantitative estimate of drug-likeness (QED) is 0.0277. The number of carbonyl (C=O) groups excluding carboxylic acids is 5. The first-order valence-electron chi connectivity index (χ1n) is 43.6. The van der Waals surface area contributed by atoms with Crippen LogP contribution in [0.25, 0.3) is 0 Å². The standard InChI is InChI=1S/C76H127N5O56/c1-17(91)77-33-45(103)58(26(10-86)119-66(33)116)130-68-36(80-20(4)94)47(105)61(28(12-88)125-68)134-75-57(115)64(43(101)32(129-75)16-118-72-53(111)51(109)41(99)31(128-72)15-117-71-52(110)49(107)39(97)23(7-83)121-71)136-76-65(55(113)62(30(14-90)127-76)132-69-35(79-19(3)93)46(104)59(27(11-87)124-69)131-67-34(78-18(2)92)44(102)38(96)22(6-82)120-67)137-70-37(81-21(5)95)48(106)60(29(13-89)126-70)133-74-56(114)63(42(100)25(9-85)123-74)135-73-54(112)50(108)40(98)24(8-84)122-73/h22-76,82-90,96-116H,6-16H2,1-5H3,(H,77,91)(H,78,92)(H,79,93)(H,80,94)(H,81,95)/t22-,23-,24-,25-,26-,27-,28-,29-,30-,31-,32-,33-,34-,35-,36-,37-,38+,39-,40+,41-,42+,43-,44-,45-,46-,47-,48-,49+,50+,51+,52+,53+,54-,55+,56-,57+,58-,59-,60-,61-,62-,63+,64+,65+,66-,67+,68+,69+,70+,71+,72+,73-,74+,75+,76-/m1/s1. The van der Waals surface area contributed by atoms with Crippen molar-refractivity contribution < 1.29 is 277 Å². The number of hydrogen-bond donors (Lipinski definition) is 35. The SMILES string of the molecule is CC(=O)N[C@@H]1[C@@H](O)[C@H](O[C@@H]2O[C@H](CO)[C@@H](O[C@@H]3O[C@H](CO[C@H]4O[C@H](CO[C@H]5O[C@H](CO)[C@@H](O)[C@H](O)[C@@H]5O)[C@@H](O)[C@H](O)[C@@H]4O)[C@@H](O)[C@H](O[C@H]4O[C@H](CO)[C@@H](O[C@@H]5O[C@H](CO)[C@@H](O[C@@H]6O[C@H](CO)[C@H](O)[C@H](O)[C@H]6NC(C)=O)[C@H](O)[C@H]5NC(C)=O)[C@H](O)[C@@H]4O[C@@H]4O[C@H](CO)[C@@H](O[C@@H]5O[C@H](CO)[C@H](O)[C@H](O[C@H]6O[C@H](CO)[C@H](O)[C@H](O)[C@H]6O)[C@H]5O)[C@H](O)[C@H]4NC(C)=O)[C@@H]3O)[C@H](O)[C@H]2NC(C)=O)[C@@H](CO)O[C@H]1O. The molecule has 11 fully saturated rings. The van der Waals surface area contributed by atoms with Gasteiger partial charge < -0.3 is 279 Å². The summed E-state index contributed by atoms with van der Waals surface area (Å²) < 4.78 is 125. The summed E-state index contributed by atoms with van der Waals surface area (Å²) in [5, 5.41) is 350. The van der Waals surface area contributed by atoms with Crippen LogP contribution in [0.5, 0.6) is 0 Å². The average Bonchev–Trinajstić information content (AvgIpc) is 0.752. The Hall–Kier alpha value is -4.69. The van der Waals surface area contributed by atoms with E-state index in [4.69, 9.17) is 99.5 Å². The maximum absolute atomic E-state index is 13.6. The van der Waals surface area contributed by atoms with Crippen LogP contribution in [0.4, 0.5) is 0 Å². The number of aliphatic hydroxyl groups excluding tert-OH is 30. The zero-order chi connectivity index (χ0) is 101. The van der Waals surface area contributed by atoms with Gasteiger partial charge in [-0.25, -0.2) is 0 Å². The van der Waals surface area contributed by atoms with Gasteiger partial charge in [0.2, 0.25) is 29.5 Å². The molecule has 5 amide bonds. The molecular formula is C76H127N5O56. The van der Waals surface area contributed by atoms with E-state index in [1.54, 1.807) is 0 Å². The lowest BCUT2D eigenvalue weighted by Gasteiger charge is -2.52. The van der Waals surface area contributed by atoms with Crippen LogP contribution in [0.2, 0.25) is 0 Å². The zero-order valence-electron chi connectivity index (χ0n) is 73.6. The molecule has 11 heterocycles. The van der Waals surface area contributed by atoms with Gasteiger partial charge in [0.15, 0.2) is 69.2 Å². The van der Waals surface area contributed by atoms with Gasteiger partial charge in [0.1, 0.15) is 268 Å². The predicted octanol–water partition coefficient (Wildman–Crippen LogP) is -24.3. The van der Waals surface area contributed by atoms with Crippen LogP contribution in [0.3, 0.4) is 0 Å². The molecule has 11 saturated heterocycles. The normalized spacial score (nSPS) is 48.9. The second kappa shape index (κ2) is 49.5. The second-order valence-corrected chi connectivity index (χ2v) is 34.6. The van der Waals surface area contributed by atoms with E-state index in [9.17, 15) is 177 Å². The molecule has 137 heavy (non-hydrogen) atoms. The second-order valence-electron chi connectivity index (χ2n) is 34.6. The molecule has 0 aromatic carbocycles. The molecule has 11 aliphatic heterocycles. The minimum Gasteiger partial charge on any atom is -0.394 e. The number of nitrogens with one attached hydrogen (secondary N) is 5. The van der Waals surface area contributed by atoms with E-state index in [1.165, 1.54) is 0 Å². The fraction of sp³-hybridized carbons (Fsp3) is 0.934. The molecule has 0 aromatic rings. The van der Waals surface area contributed by atoms with Crippen molar-refractivity contribution in [3.05, 3.63) is 0 Å². The molecule has 11 aliphatic rings. The van der Waals surface area contributed by atoms with Crippen molar-refractivity contribution in [2.75, 3.05) is 72.7 Å². The van der Waals surface area contributed by atoms with Crippen LogP contribution in [-0.2, 0) is 123 Å². The molecule has 0 spiro atoms. The lowest BCUT2D eigenvalue weighted by molar-refractivity contribution is -0.406. The average molecular weight is 2010 g/mol. The van der Waals surface area contributed by atoms with Gasteiger partial charge in [-0.2, -0.15) is 0 Å². The van der Waals surface area contributed by atoms with Crippen molar-refractivity contribution in [2.24, 2.45) is 0 Å². The first kappa shape index (κ1) is 113. The highest BCUT2D eigenvalue weighted by molar-refractivity contribution is 5.75. The number of carbonyl (C=O) groups is 5. The van der Waals surface area contributed by atoms with Crippen LogP contribution in [-0.4, -0.2) is 593 Å². The highest BCUT2D eigenvalue weighted by Crippen LogP contribution is 2.42. The van der Waals surface area contributed by atoms with Gasteiger partial charge in [0.25, 0.3) is 0 Å². The summed E-state index contributed by atoms with van der Waals surface area (Å²) in [5.41, 5.74) is 0. The molecule has 11 rings (SSSR count). The molecule has 0 aliphatic carbocycles. The topological polar surface area (TPSA) is 946 Å². The highest BCUT2D eigenvalue weighted by atomic mass is 16.8. The van der Waals surface area contributed by atoms with Gasteiger partial charge in [0, 0.05) is 34.6 Å². The molecule has 61 heteroatoms. The third-order valence-electron chi connectivity index (χ3n) is 25.0. The number of ether oxygens (including phenoxy) is 21. The van der Waals surface area contributed by atoms with E-state index in [0.29, 0.717) is 0 Å². The lowest BCUT2D eigenvalue weighted by atomic mass is 9.93. The Balaban J connectivity index is 0.967. The number of rotatable bonds is 36. The maximum atomic E-state index is 13.6. The summed E-state index contributed by atoms with van der Waals surface area (Å²) in [7, 11) is 0. The monoisotopic (exact) mass is 2010 g/mol. The molecule has 0 aromatic heterocycles. The van der Waals surface area contributed by atoms with E-state index in [2.05, 4.69) is 26.6 Å². The van der Waals surface area contributed by atoms with E-state index >= 15 is 0 Å². The Morgan fingerprint density at radius 2 is 0.401 bits per heavy atom. The molecule has 0 unspecified atom stereocenters. The molecule has 0 saturated carbocycles. The predicted molar refractivity (Wildman–Crippen MR) is 420 cm³/mol. The van der Waals surface area contributed by atoms with Gasteiger partial charge >= 0.3 is 0 Å². The minimum atomic E-state index is -2.72. The highest BCUT2D eigenvalue weighted by Gasteiger charge is 2.63. The zero-order valence-corrected chi connectivity index (χ0v) is 73.6. The Labute approximate surface area is 775 Å². The van der Waals surface area contributed by atoms with Crippen molar-refractivity contribution in [3.63, 3.8) is 0 Å². The Kier molecular flexibility index (Phi) is 40.7. The molecule has 0 bridgehead atoms. The number of amides is 5. The fourth-order valence-electron chi connectivity index (χ4n) is 17.7. The van der Waals surface area contributed by atoms with Gasteiger partial charge in [-0.05, 0) is 0 Å². The minimum absolute atomic E-state index is 0.823. The van der Waals surface area contributed by atoms with Crippen molar-refractivity contribution in [1.29, 1.82) is 0 Å². The van der Waals surface area contributed by atoms with Crippen molar-refractivity contribution in [3.8, 4) is 0 Å². The van der Waals surface area contributed by atoms with Crippen molar-refractivity contribution >= 4 is 29.5 Å². The van der Waals surface area contributed by atoms with Gasteiger partial charge in [-0.15, -0.1) is 0 Å². The van der Waals surface area contributed by atoms with Crippen molar-refractivity contribution in [1.82, 2.24) is 26.6 Å². The number of hydrogen-bond acceptors (Lipinski definition) is 56. The largest absolute Gasteiger partial charge is 0.394 e. The molecule has 55 atom stereocenters. The summed E-state index contributed by atoms with van der Waals surface area (Å²) in [6, 6.07) is -9.72. The Bertz CT molecular complexity index is 3780. The van der Waals surface area contributed by atoms with Crippen LogP contribution in [0, 0.1) is 0 Å². The molecule has 61 nitrogen and oxygen atoms in total. The molecule has 0 radical (unpaired) electrons. The maximum Gasteiger partial charge on any atom is 0.217 e. The van der Waals surface area contributed by atoms with Crippen LogP contribution >= 0.6 is 0 Å².